The van der Waals surface area contributed by atoms with E-state index >= 15 is 0 Å². The minimum atomic E-state index is 0.0803. The van der Waals surface area contributed by atoms with Gasteiger partial charge in [-0.15, -0.1) is 0 Å². The Hall–Kier alpha value is -2.00. The molecule has 1 aliphatic heterocycles. The first-order valence-electron chi connectivity index (χ1n) is 7.51. The molecule has 0 aromatic heterocycles. The zero-order valence-electron chi connectivity index (χ0n) is 12.5. The Labute approximate surface area is 126 Å². The minimum absolute atomic E-state index is 0.0803. The van der Waals surface area contributed by atoms with Gasteiger partial charge in [0, 0.05) is 38.4 Å². The molecule has 3 nitrogen and oxygen atoms in total. The van der Waals surface area contributed by atoms with Gasteiger partial charge in [-0.05, 0) is 36.8 Å². The lowest BCUT2D eigenvalue weighted by Crippen LogP contribution is -2.45. The van der Waals surface area contributed by atoms with Gasteiger partial charge in [0.25, 0.3) is 0 Å². The quantitative estimate of drug-likeness (QED) is 0.861. The molecule has 0 unspecified atom stereocenters. The SMILES string of the molecule is Cc1ccc(CN2CCN(c3ccc([O])cc3)CC2)cc1. The van der Waals surface area contributed by atoms with Gasteiger partial charge in [-0.25, -0.2) is 0 Å². The lowest BCUT2D eigenvalue weighted by molar-refractivity contribution is 0.250. The number of hydrogen-bond donors (Lipinski definition) is 0. The summed E-state index contributed by atoms with van der Waals surface area (Å²) in [4.78, 5) is 4.84. The summed E-state index contributed by atoms with van der Waals surface area (Å²) >= 11 is 0. The molecule has 2 aromatic carbocycles. The Balaban J connectivity index is 1.55. The maximum atomic E-state index is 11.2. The van der Waals surface area contributed by atoms with Crippen molar-refractivity contribution in [3.63, 3.8) is 0 Å². The van der Waals surface area contributed by atoms with E-state index in [0.717, 1.165) is 38.4 Å². The third-order valence-electron chi connectivity index (χ3n) is 4.10. The van der Waals surface area contributed by atoms with E-state index in [1.807, 2.05) is 12.1 Å². The fourth-order valence-electron chi connectivity index (χ4n) is 2.77. The molecule has 0 spiro atoms. The van der Waals surface area contributed by atoms with E-state index in [-0.39, 0.29) is 5.75 Å². The molecule has 0 aliphatic carbocycles. The highest BCUT2D eigenvalue weighted by Gasteiger charge is 2.17. The first-order valence-corrected chi connectivity index (χ1v) is 7.51. The Morgan fingerprint density at radius 3 is 2.10 bits per heavy atom. The Bertz CT molecular complexity index is 569. The van der Waals surface area contributed by atoms with Crippen LogP contribution in [-0.2, 0) is 11.7 Å². The van der Waals surface area contributed by atoms with E-state index in [1.165, 1.54) is 11.1 Å². The molecule has 1 fully saturated rings. The largest absolute Gasteiger partial charge is 0.369 e. The molecule has 1 saturated heterocycles. The Morgan fingerprint density at radius 1 is 0.857 bits per heavy atom. The van der Waals surface area contributed by atoms with Crippen molar-refractivity contribution in [2.45, 2.75) is 13.5 Å². The second-order valence-electron chi connectivity index (χ2n) is 5.74. The third kappa shape index (κ3) is 3.56. The summed E-state index contributed by atoms with van der Waals surface area (Å²) in [7, 11) is 0. The number of hydrogen-bond acceptors (Lipinski definition) is 2. The van der Waals surface area contributed by atoms with Crippen molar-refractivity contribution in [2.24, 2.45) is 0 Å². The molecule has 0 bridgehead atoms. The van der Waals surface area contributed by atoms with Gasteiger partial charge in [0.1, 0.15) is 0 Å². The average molecular weight is 281 g/mol. The second kappa shape index (κ2) is 6.19. The van der Waals surface area contributed by atoms with Crippen LogP contribution in [0.2, 0.25) is 0 Å². The molecule has 3 heteroatoms. The lowest BCUT2D eigenvalue weighted by atomic mass is 10.1. The molecule has 1 aliphatic rings. The van der Waals surface area contributed by atoms with E-state index in [0.29, 0.717) is 0 Å². The summed E-state index contributed by atoms with van der Waals surface area (Å²) < 4.78 is 0. The zero-order chi connectivity index (χ0) is 14.7. The van der Waals surface area contributed by atoms with Gasteiger partial charge in [0.2, 0.25) is 0 Å². The van der Waals surface area contributed by atoms with Crippen LogP contribution in [0.3, 0.4) is 0 Å². The smallest absolute Gasteiger partial charge is 0.178 e. The van der Waals surface area contributed by atoms with Gasteiger partial charge in [-0.1, -0.05) is 29.8 Å². The molecule has 0 atom stereocenters. The molecule has 0 amide bonds. The van der Waals surface area contributed by atoms with Gasteiger partial charge in [-0.2, -0.15) is 0 Å². The molecule has 1 heterocycles. The fourth-order valence-corrected chi connectivity index (χ4v) is 2.77. The van der Waals surface area contributed by atoms with Gasteiger partial charge in [0.15, 0.2) is 5.75 Å². The molecular weight excluding hydrogens is 260 g/mol. The Kier molecular flexibility index (Phi) is 4.11. The number of anilines is 1. The van der Waals surface area contributed by atoms with Crippen molar-refractivity contribution < 1.29 is 5.11 Å². The molecule has 21 heavy (non-hydrogen) atoms. The van der Waals surface area contributed by atoms with Gasteiger partial charge in [-0.3, -0.25) is 10.0 Å². The predicted octanol–water partition coefficient (Wildman–Crippen LogP) is 3.46. The van der Waals surface area contributed by atoms with Gasteiger partial charge >= 0.3 is 0 Å². The number of piperazine rings is 1. The van der Waals surface area contributed by atoms with Crippen molar-refractivity contribution in [1.82, 2.24) is 4.90 Å². The molecule has 3 rings (SSSR count). The number of nitrogens with zero attached hydrogens (tertiary/aromatic N) is 2. The minimum Gasteiger partial charge on any atom is -0.369 e. The predicted molar refractivity (Wildman–Crippen MR) is 85.2 cm³/mol. The van der Waals surface area contributed by atoms with Crippen LogP contribution < -0.4 is 4.90 Å². The third-order valence-corrected chi connectivity index (χ3v) is 4.10. The number of benzene rings is 2. The highest BCUT2D eigenvalue weighted by atomic mass is 16.3. The monoisotopic (exact) mass is 281 g/mol. The topological polar surface area (TPSA) is 26.4 Å². The van der Waals surface area contributed by atoms with Crippen LogP contribution in [0.15, 0.2) is 48.5 Å². The van der Waals surface area contributed by atoms with Crippen LogP contribution in [0.4, 0.5) is 5.69 Å². The van der Waals surface area contributed by atoms with Crippen molar-refractivity contribution >= 4 is 5.69 Å². The first-order chi connectivity index (χ1) is 10.2. The van der Waals surface area contributed by atoms with Gasteiger partial charge < -0.3 is 4.90 Å². The molecular formula is C18H21N2O. The molecule has 2 aromatic rings. The van der Waals surface area contributed by atoms with E-state index in [4.69, 9.17) is 0 Å². The van der Waals surface area contributed by atoms with E-state index in [9.17, 15) is 5.11 Å². The van der Waals surface area contributed by atoms with Crippen LogP contribution in [0, 0.1) is 6.92 Å². The van der Waals surface area contributed by atoms with Crippen molar-refractivity contribution in [1.29, 1.82) is 0 Å². The highest BCUT2D eigenvalue weighted by molar-refractivity contribution is 5.49. The van der Waals surface area contributed by atoms with E-state index in [2.05, 4.69) is 41.0 Å². The summed E-state index contributed by atoms with van der Waals surface area (Å²) in [5.41, 5.74) is 3.85. The summed E-state index contributed by atoms with van der Waals surface area (Å²) in [6, 6.07) is 15.9. The number of rotatable bonds is 3. The van der Waals surface area contributed by atoms with Crippen LogP contribution >= 0.6 is 0 Å². The normalized spacial score (nSPS) is 16.1. The van der Waals surface area contributed by atoms with Crippen LogP contribution in [0.1, 0.15) is 11.1 Å². The number of aryl methyl sites for hydroxylation is 1. The molecule has 1 radical (unpaired) electrons. The first kappa shape index (κ1) is 14.0. The molecule has 0 N–H and O–H groups in total. The van der Waals surface area contributed by atoms with Crippen LogP contribution in [0.25, 0.3) is 0 Å². The molecule has 0 saturated carbocycles. The maximum Gasteiger partial charge on any atom is 0.178 e. The van der Waals surface area contributed by atoms with Crippen molar-refractivity contribution in [3.05, 3.63) is 59.7 Å². The molecule has 109 valence electrons. The highest BCUT2D eigenvalue weighted by Crippen LogP contribution is 2.20. The summed E-state index contributed by atoms with van der Waals surface area (Å²) in [5.74, 6) is 0.0803. The Morgan fingerprint density at radius 2 is 1.48 bits per heavy atom. The second-order valence-corrected chi connectivity index (χ2v) is 5.74. The fraction of sp³-hybridized carbons (Fsp3) is 0.333. The van der Waals surface area contributed by atoms with E-state index in [1.54, 1.807) is 12.1 Å². The van der Waals surface area contributed by atoms with Crippen molar-refractivity contribution in [2.75, 3.05) is 31.1 Å². The van der Waals surface area contributed by atoms with Gasteiger partial charge in [0.05, 0.1) is 0 Å². The zero-order valence-corrected chi connectivity index (χ0v) is 12.5. The maximum absolute atomic E-state index is 11.2. The van der Waals surface area contributed by atoms with Crippen LogP contribution in [0.5, 0.6) is 5.75 Å². The summed E-state index contributed by atoms with van der Waals surface area (Å²) in [5, 5.41) is 11.2. The summed E-state index contributed by atoms with van der Waals surface area (Å²) in [6.45, 7) is 7.30. The lowest BCUT2D eigenvalue weighted by Gasteiger charge is -2.36. The van der Waals surface area contributed by atoms with Crippen molar-refractivity contribution in [3.8, 4) is 5.75 Å². The standard InChI is InChI=1S/C18H21N2O/c1-15-2-4-16(5-3-15)14-19-10-12-20(13-11-19)17-6-8-18(21)9-7-17/h2-9H,10-14H2,1H3. The van der Waals surface area contributed by atoms with E-state index < -0.39 is 0 Å². The summed E-state index contributed by atoms with van der Waals surface area (Å²) in [6.07, 6.45) is 0. The van der Waals surface area contributed by atoms with Crippen LogP contribution in [-0.4, -0.2) is 31.1 Å². The average Bonchev–Trinajstić information content (AvgIpc) is 2.51.